The zero-order chi connectivity index (χ0) is 15.2. The predicted octanol–water partition coefficient (Wildman–Crippen LogP) is 1.50. The average molecular weight is 288 g/mol. The number of nitrogens with zero attached hydrogens (tertiary/aromatic N) is 1. The van der Waals surface area contributed by atoms with Crippen LogP contribution in [0.1, 0.15) is 10.4 Å². The number of carbonyl (C=O) groups is 2. The molecule has 0 unspecified atom stereocenters. The minimum Gasteiger partial charge on any atom is -0.506 e. The molecule has 2 aromatic rings. The zero-order valence-electron chi connectivity index (χ0n) is 10.8. The van der Waals surface area contributed by atoms with Crippen LogP contribution in [0, 0.1) is 0 Å². The Bertz CT molecular complexity index is 655. The van der Waals surface area contributed by atoms with Gasteiger partial charge in [-0.1, -0.05) is 0 Å². The number of benzene rings is 1. The molecule has 0 aliphatic rings. The van der Waals surface area contributed by atoms with E-state index in [0.717, 1.165) is 0 Å². The molecule has 0 aliphatic carbocycles. The van der Waals surface area contributed by atoms with Crippen LogP contribution in [0.5, 0.6) is 11.5 Å². The number of hydrogen-bond acceptors (Lipinski definition) is 5. The van der Waals surface area contributed by atoms with E-state index in [9.17, 15) is 14.7 Å². The van der Waals surface area contributed by atoms with E-state index in [0.29, 0.717) is 11.4 Å². The molecule has 0 saturated heterocycles. The topological polar surface area (TPSA) is 109 Å². The van der Waals surface area contributed by atoms with E-state index in [-0.39, 0.29) is 11.3 Å². The number of rotatable bonds is 5. The van der Waals surface area contributed by atoms with Crippen LogP contribution < -0.4 is 10.1 Å². The molecule has 0 saturated carbocycles. The Balaban J connectivity index is 2.00. The molecule has 1 aromatic heterocycles. The monoisotopic (exact) mass is 288 g/mol. The molecule has 0 fully saturated rings. The number of carboxylic acid groups (broad SMARTS) is 1. The number of aromatic nitrogens is 1. The minimum absolute atomic E-state index is 0.0972. The first-order valence-electron chi connectivity index (χ1n) is 5.94. The SMILES string of the molecule is O=C(O)COc1ccc(NC(=O)c2cncc(O)c2)cc1. The summed E-state index contributed by atoms with van der Waals surface area (Å²) in [4.78, 5) is 26.0. The summed E-state index contributed by atoms with van der Waals surface area (Å²) in [5, 5.41) is 20.4. The second-order valence-corrected chi connectivity index (χ2v) is 4.09. The number of pyridine rings is 1. The minimum atomic E-state index is -1.07. The molecule has 3 N–H and O–H groups in total. The van der Waals surface area contributed by atoms with Crippen LogP contribution in [0.15, 0.2) is 42.7 Å². The van der Waals surface area contributed by atoms with E-state index in [1.54, 1.807) is 24.3 Å². The van der Waals surface area contributed by atoms with Gasteiger partial charge in [-0.15, -0.1) is 0 Å². The Morgan fingerprint density at radius 3 is 2.52 bits per heavy atom. The Kier molecular flexibility index (Phi) is 4.35. The third-order valence-electron chi connectivity index (χ3n) is 2.46. The molecule has 0 atom stereocenters. The summed E-state index contributed by atoms with van der Waals surface area (Å²) in [6.45, 7) is -0.430. The normalized spacial score (nSPS) is 9.90. The number of carboxylic acids is 1. The lowest BCUT2D eigenvalue weighted by atomic mass is 10.2. The molecule has 21 heavy (non-hydrogen) atoms. The maximum Gasteiger partial charge on any atom is 0.341 e. The van der Waals surface area contributed by atoms with Crippen molar-refractivity contribution in [1.82, 2.24) is 4.98 Å². The largest absolute Gasteiger partial charge is 0.506 e. The molecule has 0 radical (unpaired) electrons. The molecule has 7 nitrogen and oxygen atoms in total. The van der Waals surface area contributed by atoms with Crippen molar-refractivity contribution < 1.29 is 24.5 Å². The highest BCUT2D eigenvalue weighted by molar-refractivity contribution is 6.04. The Morgan fingerprint density at radius 1 is 1.19 bits per heavy atom. The van der Waals surface area contributed by atoms with Crippen molar-refractivity contribution in [3.8, 4) is 11.5 Å². The van der Waals surface area contributed by atoms with E-state index in [1.165, 1.54) is 18.5 Å². The Hall–Kier alpha value is -3.09. The fraction of sp³-hybridized carbons (Fsp3) is 0.0714. The van der Waals surface area contributed by atoms with Crippen molar-refractivity contribution in [3.05, 3.63) is 48.3 Å². The van der Waals surface area contributed by atoms with Gasteiger partial charge >= 0.3 is 5.97 Å². The van der Waals surface area contributed by atoms with Crippen molar-refractivity contribution in [2.75, 3.05) is 11.9 Å². The highest BCUT2D eigenvalue weighted by atomic mass is 16.5. The third kappa shape index (κ3) is 4.20. The van der Waals surface area contributed by atoms with E-state index >= 15 is 0 Å². The number of anilines is 1. The second kappa shape index (κ2) is 6.38. The summed E-state index contributed by atoms with van der Waals surface area (Å²) in [5.74, 6) is -1.20. The molecular weight excluding hydrogens is 276 g/mol. The van der Waals surface area contributed by atoms with Crippen molar-refractivity contribution in [1.29, 1.82) is 0 Å². The molecule has 1 aromatic carbocycles. The molecule has 7 heteroatoms. The lowest BCUT2D eigenvalue weighted by Crippen LogP contribution is -2.12. The number of aliphatic carboxylic acids is 1. The fourth-order valence-electron chi connectivity index (χ4n) is 1.53. The first-order chi connectivity index (χ1) is 10.0. The lowest BCUT2D eigenvalue weighted by Gasteiger charge is -2.07. The van der Waals surface area contributed by atoms with Gasteiger partial charge in [-0.05, 0) is 30.3 Å². The van der Waals surface area contributed by atoms with Crippen LogP contribution >= 0.6 is 0 Å². The first-order valence-corrected chi connectivity index (χ1v) is 5.94. The third-order valence-corrected chi connectivity index (χ3v) is 2.46. The molecule has 0 aliphatic heterocycles. The van der Waals surface area contributed by atoms with Crippen LogP contribution in [-0.2, 0) is 4.79 Å². The summed E-state index contributed by atoms with van der Waals surface area (Å²) < 4.78 is 4.97. The standard InChI is InChI=1S/C14H12N2O5/c17-11-5-9(6-15-7-11)14(20)16-10-1-3-12(4-2-10)21-8-13(18)19/h1-7,17H,8H2,(H,16,20)(H,18,19). The van der Waals surface area contributed by atoms with Gasteiger partial charge in [0, 0.05) is 11.9 Å². The smallest absolute Gasteiger partial charge is 0.341 e. The van der Waals surface area contributed by atoms with E-state index in [2.05, 4.69) is 10.3 Å². The maximum atomic E-state index is 11.9. The van der Waals surface area contributed by atoms with Crippen LogP contribution in [0.25, 0.3) is 0 Å². The van der Waals surface area contributed by atoms with Crippen LogP contribution in [-0.4, -0.2) is 33.7 Å². The molecule has 0 spiro atoms. The number of aromatic hydroxyl groups is 1. The van der Waals surface area contributed by atoms with E-state index < -0.39 is 18.5 Å². The average Bonchev–Trinajstić information content (AvgIpc) is 2.46. The quantitative estimate of drug-likeness (QED) is 0.769. The molecule has 1 heterocycles. The Morgan fingerprint density at radius 2 is 1.90 bits per heavy atom. The maximum absolute atomic E-state index is 11.9. The van der Waals surface area contributed by atoms with Crippen LogP contribution in [0.2, 0.25) is 0 Å². The van der Waals surface area contributed by atoms with Gasteiger partial charge in [0.1, 0.15) is 11.5 Å². The van der Waals surface area contributed by atoms with Gasteiger partial charge in [0.25, 0.3) is 5.91 Å². The van der Waals surface area contributed by atoms with Crippen molar-refractivity contribution >= 4 is 17.6 Å². The summed E-state index contributed by atoms with van der Waals surface area (Å²) >= 11 is 0. The fourth-order valence-corrected chi connectivity index (χ4v) is 1.53. The summed E-state index contributed by atoms with van der Waals surface area (Å²) in [6.07, 6.45) is 2.56. The van der Waals surface area contributed by atoms with Gasteiger partial charge in [0.05, 0.1) is 11.8 Å². The van der Waals surface area contributed by atoms with E-state index in [1.807, 2.05) is 0 Å². The number of hydrogen-bond donors (Lipinski definition) is 3. The zero-order valence-corrected chi connectivity index (χ0v) is 10.8. The van der Waals surface area contributed by atoms with Crippen LogP contribution in [0.4, 0.5) is 5.69 Å². The first kappa shape index (κ1) is 14.3. The molecule has 0 bridgehead atoms. The molecule has 2 rings (SSSR count). The molecule has 108 valence electrons. The van der Waals surface area contributed by atoms with Crippen molar-refractivity contribution in [2.45, 2.75) is 0 Å². The summed E-state index contributed by atoms with van der Waals surface area (Å²) in [6, 6.07) is 7.53. The highest BCUT2D eigenvalue weighted by Gasteiger charge is 2.07. The second-order valence-electron chi connectivity index (χ2n) is 4.09. The number of ether oxygens (including phenoxy) is 1. The van der Waals surface area contributed by atoms with Gasteiger partial charge in [-0.25, -0.2) is 4.79 Å². The number of nitrogens with one attached hydrogen (secondary N) is 1. The van der Waals surface area contributed by atoms with Crippen molar-refractivity contribution in [3.63, 3.8) is 0 Å². The van der Waals surface area contributed by atoms with Gasteiger partial charge in [-0.2, -0.15) is 0 Å². The number of amides is 1. The lowest BCUT2D eigenvalue weighted by molar-refractivity contribution is -0.139. The number of carbonyl (C=O) groups excluding carboxylic acids is 1. The van der Waals surface area contributed by atoms with Crippen LogP contribution in [0.3, 0.4) is 0 Å². The van der Waals surface area contributed by atoms with E-state index in [4.69, 9.17) is 9.84 Å². The van der Waals surface area contributed by atoms with Gasteiger partial charge in [0.15, 0.2) is 6.61 Å². The van der Waals surface area contributed by atoms with Gasteiger partial charge in [-0.3, -0.25) is 9.78 Å². The van der Waals surface area contributed by atoms with Crippen molar-refractivity contribution in [2.24, 2.45) is 0 Å². The molecule has 1 amide bonds. The molecular formula is C14H12N2O5. The predicted molar refractivity (Wildman–Crippen MR) is 73.4 cm³/mol. The summed E-state index contributed by atoms with van der Waals surface area (Å²) in [5.41, 5.74) is 0.729. The van der Waals surface area contributed by atoms with Gasteiger partial charge in [0.2, 0.25) is 0 Å². The van der Waals surface area contributed by atoms with Gasteiger partial charge < -0.3 is 20.3 Å². The Labute approximate surface area is 119 Å². The highest BCUT2D eigenvalue weighted by Crippen LogP contribution is 2.17. The summed E-state index contributed by atoms with van der Waals surface area (Å²) in [7, 11) is 0.